The van der Waals surface area contributed by atoms with Crippen molar-refractivity contribution in [2.24, 2.45) is 7.05 Å². The molecule has 0 aliphatic rings. The topological polar surface area (TPSA) is 92.0 Å². The van der Waals surface area contributed by atoms with Crippen LogP contribution in [0.25, 0.3) is 0 Å². The predicted octanol–water partition coefficient (Wildman–Crippen LogP) is 1.43. The van der Waals surface area contributed by atoms with Gasteiger partial charge in [-0.3, -0.25) is 20.3 Å². The number of aryl methyl sites for hydroxylation is 3. The van der Waals surface area contributed by atoms with Gasteiger partial charge in [0.1, 0.15) is 17.4 Å². The first kappa shape index (κ1) is 15.4. The van der Waals surface area contributed by atoms with Crippen LogP contribution in [0.4, 0.5) is 5.82 Å². The molecule has 114 valence electrons. The number of carbonyl (C=O) groups is 1. The number of anilines is 1. The van der Waals surface area contributed by atoms with E-state index in [1.54, 1.807) is 20.0 Å². The minimum absolute atomic E-state index is 0.130. The van der Waals surface area contributed by atoms with Gasteiger partial charge < -0.3 is 4.74 Å². The average Bonchev–Trinajstić information content (AvgIpc) is 2.76. The third kappa shape index (κ3) is 3.55. The van der Waals surface area contributed by atoms with Gasteiger partial charge in [0.05, 0.1) is 5.69 Å². The number of ether oxygens (including phenoxy) is 1. The number of amides is 1. The Morgan fingerprint density at radius 3 is 2.91 bits per heavy atom. The standard InChI is InChI=1S/C15H17N5O2/c1-10-5-4-6-12(7-10)22-9-14(21)17-18-15-13(8-16)11(2)19-20(15)3/h4-7,18H,9H2,1-3H3,(H,17,21). The Balaban J connectivity index is 1.90. The summed E-state index contributed by atoms with van der Waals surface area (Å²) in [6.45, 7) is 3.55. The van der Waals surface area contributed by atoms with Crippen LogP contribution in [0.15, 0.2) is 24.3 Å². The van der Waals surface area contributed by atoms with Gasteiger partial charge >= 0.3 is 0 Å². The summed E-state index contributed by atoms with van der Waals surface area (Å²) < 4.78 is 6.89. The zero-order valence-corrected chi connectivity index (χ0v) is 12.7. The summed E-state index contributed by atoms with van der Waals surface area (Å²) in [5.74, 6) is 0.706. The quantitative estimate of drug-likeness (QED) is 0.815. The highest BCUT2D eigenvalue weighted by atomic mass is 16.5. The number of rotatable bonds is 5. The summed E-state index contributed by atoms with van der Waals surface area (Å²) in [5, 5.41) is 13.2. The molecular weight excluding hydrogens is 282 g/mol. The minimum Gasteiger partial charge on any atom is -0.484 e. The second-order valence-corrected chi connectivity index (χ2v) is 4.82. The number of nitrogens with one attached hydrogen (secondary N) is 2. The molecule has 0 radical (unpaired) electrons. The molecule has 0 atom stereocenters. The highest BCUT2D eigenvalue weighted by Gasteiger charge is 2.13. The molecule has 7 nitrogen and oxygen atoms in total. The smallest absolute Gasteiger partial charge is 0.276 e. The van der Waals surface area contributed by atoms with Gasteiger partial charge in [-0.15, -0.1) is 0 Å². The molecule has 22 heavy (non-hydrogen) atoms. The largest absolute Gasteiger partial charge is 0.484 e. The number of hydrogen-bond donors (Lipinski definition) is 2. The van der Waals surface area contributed by atoms with Crippen molar-refractivity contribution in [1.29, 1.82) is 5.26 Å². The Hall–Kier alpha value is -3.01. The lowest BCUT2D eigenvalue weighted by atomic mass is 10.2. The zero-order chi connectivity index (χ0) is 16.1. The van der Waals surface area contributed by atoms with Crippen molar-refractivity contribution in [2.75, 3.05) is 12.0 Å². The Labute approximate surface area is 128 Å². The number of carbonyl (C=O) groups excluding carboxylic acids is 1. The zero-order valence-electron chi connectivity index (χ0n) is 12.7. The molecule has 1 aromatic carbocycles. The monoisotopic (exact) mass is 299 g/mol. The number of benzene rings is 1. The van der Waals surface area contributed by atoms with Crippen LogP contribution >= 0.6 is 0 Å². The predicted molar refractivity (Wildman–Crippen MR) is 81.1 cm³/mol. The second kappa shape index (κ2) is 6.63. The van der Waals surface area contributed by atoms with Crippen molar-refractivity contribution >= 4 is 11.7 Å². The average molecular weight is 299 g/mol. The van der Waals surface area contributed by atoms with Crippen molar-refractivity contribution in [1.82, 2.24) is 15.2 Å². The molecule has 2 N–H and O–H groups in total. The molecule has 1 aromatic heterocycles. The van der Waals surface area contributed by atoms with E-state index in [2.05, 4.69) is 16.0 Å². The fourth-order valence-corrected chi connectivity index (χ4v) is 1.95. The van der Waals surface area contributed by atoms with Crippen LogP contribution in [-0.2, 0) is 11.8 Å². The van der Waals surface area contributed by atoms with Crippen molar-refractivity contribution in [3.05, 3.63) is 41.1 Å². The first-order valence-corrected chi connectivity index (χ1v) is 6.69. The molecule has 0 aliphatic carbocycles. The van der Waals surface area contributed by atoms with Gasteiger partial charge in [0, 0.05) is 7.05 Å². The van der Waals surface area contributed by atoms with Gasteiger partial charge in [0.25, 0.3) is 5.91 Å². The number of hydrazine groups is 1. The van der Waals surface area contributed by atoms with Crippen molar-refractivity contribution in [2.45, 2.75) is 13.8 Å². The van der Waals surface area contributed by atoms with Crippen LogP contribution in [-0.4, -0.2) is 22.3 Å². The summed E-state index contributed by atoms with van der Waals surface area (Å²) in [5.41, 5.74) is 7.23. The molecule has 0 saturated carbocycles. The summed E-state index contributed by atoms with van der Waals surface area (Å²) in [4.78, 5) is 11.8. The van der Waals surface area contributed by atoms with Crippen molar-refractivity contribution in [3.8, 4) is 11.8 Å². The fourth-order valence-electron chi connectivity index (χ4n) is 1.95. The van der Waals surface area contributed by atoms with Gasteiger partial charge in [-0.1, -0.05) is 12.1 Å². The molecular formula is C15H17N5O2. The maximum absolute atomic E-state index is 11.8. The number of nitriles is 1. The van der Waals surface area contributed by atoms with E-state index < -0.39 is 0 Å². The Morgan fingerprint density at radius 1 is 1.45 bits per heavy atom. The van der Waals surface area contributed by atoms with Gasteiger partial charge in [-0.05, 0) is 31.5 Å². The highest BCUT2D eigenvalue weighted by Crippen LogP contribution is 2.16. The molecule has 7 heteroatoms. The molecule has 0 saturated heterocycles. The normalized spacial score (nSPS) is 9.91. The van der Waals surface area contributed by atoms with E-state index in [1.165, 1.54) is 4.68 Å². The van der Waals surface area contributed by atoms with Gasteiger partial charge in [-0.25, -0.2) is 0 Å². The van der Waals surface area contributed by atoms with E-state index in [0.29, 0.717) is 22.8 Å². The van der Waals surface area contributed by atoms with Crippen LogP contribution in [0.5, 0.6) is 5.75 Å². The maximum Gasteiger partial charge on any atom is 0.276 e. The summed E-state index contributed by atoms with van der Waals surface area (Å²) in [6, 6.07) is 9.48. The number of nitrogens with zero attached hydrogens (tertiary/aromatic N) is 3. The number of aromatic nitrogens is 2. The lowest BCUT2D eigenvalue weighted by Gasteiger charge is -2.10. The fraction of sp³-hybridized carbons (Fsp3) is 0.267. The molecule has 0 spiro atoms. The van der Waals surface area contributed by atoms with E-state index in [4.69, 9.17) is 10.00 Å². The Morgan fingerprint density at radius 2 is 2.23 bits per heavy atom. The molecule has 1 heterocycles. The third-order valence-electron chi connectivity index (χ3n) is 3.01. The van der Waals surface area contributed by atoms with Crippen LogP contribution in [0, 0.1) is 25.2 Å². The Bertz CT molecular complexity index is 730. The summed E-state index contributed by atoms with van der Waals surface area (Å²) in [7, 11) is 1.69. The van der Waals surface area contributed by atoms with Crippen LogP contribution < -0.4 is 15.6 Å². The Kier molecular flexibility index (Phi) is 4.63. The van der Waals surface area contributed by atoms with E-state index in [0.717, 1.165) is 5.56 Å². The van der Waals surface area contributed by atoms with Gasteiger partial charge in [0.15, 0.2) is 12.4 Å². The highest BCUT2D eigenvalue weighted by molar-refractivity contribution is 5.79. The van der Waals surface area contributed by atoms with Crippen LogP contribution in [0.1, 0.15) is 16.8 Å². The molecule has 0 fully saturated rings. The maximum atomic E-state index is 11.8. The lowest BCUT2D eigenvalue weighted by Crippen LogP contribution is -2.34. The number of hydrogen-bond acceptors (Lipinski definition) is 5. The summed E-state index contributed by atoms with van der Waals surface area (Å²) in [6.07, 6.45) is 0. The molecule has 2 aromatic rings. The minimum atomic E-state index is -0.357. The van der Waals surface area contributed by atoms with Gasteiger partial charge in [0.2, 0.25) is 0 Å². The molecule has 2 rings (SSSR count). The second-order valence-electron chi connectivity index (χ2n) is 4.82. The van der Waals surface area contributed by atoms with Crippen molar-refractivity contribution in [3.63, 3.8) is 0 Å². The molecule has 0 aliphatic heterocycles. The van der Waals surface area contributed by atoms with E-state index in [1.807, 2.05) is 31.2 Å². The van der Waals surface area contributed by atoms with E-state index in [9.17, 15) is 4.79 Å². The van der Waals surface area contributed by atoms with Crippen molar-refractivity contribution < 1.29 is 9.53 Å². The first-order chi connectivity index (χ1) is 10.5. The molecule has 0 unspecified atom stereocenters. The SMILES string of the molecule is Cc1cccc(OCC(=O)NNc2c(C#N)c(C)nn2C)c1. The van der Waals surface area contributed by atoms with Crippen LogP contribution in [0.2, 0.25) is 0 Å². The lowest BCUT2D eigenvalue weighted by molar-refractivity contribution is -0.122. The molecule has 1 amide bonds. The van der Waals surface area contributed by atoms with Crippen LogP contribution in [0.3, 0.4) is 0 Å². The molecule has 0 bridgehead atoms. The van der Waals surface area contributed by atoms with Gasteiger partial charge in [-0.2, -0.15) is 10.4 Å². The van der Waals surface area contributed by atoms with E-state index in [-0.39, 0.29) is 12.5 Å². The third-order valence-corrected chi connectivity index (χ3v) is 3.01. The first-order valence-electron chi connectivity index (χ1n) is 6.69. The van der Waals surface area contributed by atoms with E-state index >= 15 is 0 Å². The summed E-state index contributed by atoms with van der Waals surface area (Å²) >= 11 is 0.